The second kappa shape index (κ2) is 8.14. The minimum atomic E-state index is 0.639. The molecule has 0 bridgehead atoms. The molecule has 104 valence electrons. The van der Waals surface area contributed by atoms with Crippen molar-refractivity contribution in [3.05, 3.63) is 12.4 Å². The van der Waals surface area contributed by atoms with Crippen LogP contribution in [0.15, 0.2) is 12.4 Å². The van der Waals surface area contributed by atoms with Crippen molar-refractivity contribution in [2.45, 2.75) is 52.6 Å². The highest BCUT2D eigenvalue weighted by Gasteiger charge is 2.04. The first-order chi connectivity index (χ1) is 8.65. The number of unbranched alkanes of at least 4 members (excludes halogenated alkanes) is 1. The molecular weight excluding hydrogens is 224 g/mol. The van der Waals surface area contributed by atoms with Crippen LogP contribution in [-0.2, 0) is 6.54 Å². The summed E-state index contributed by atoms with van der Waals surface area (Å²) in [6, 6.07) is 0.639. The van der Waals surface area contributed by atoms with E-state index in [0.29, 0.717) is 6.04 Å². The number of anilines is 1. The molecule has 1 heterocycles. The second-order valence-corrected chi connectivity index (χ2v) is 5.15. The molecule has 0 spiro atoms. The predicted octanol–water partition coefficient (Wildman–Crippen LogP) is 2.83. The average molecular weight is 252 g/mol. The SMILES string of the molecule is CCCNc1nccn1CCCCN(C)C(C)C. The number of aryl methyl sites for hydroxylation is 1. The molecule has 0 aromatic carbocycles. The molecule has 0 saturated carbocycles. The normalized spacial score (nSPS) is 11.4. The van der Waals surface area contributed by atoms with Crippen LogP contribution in [0.25, 0.3) is 0 Å². The zero-order valence-electron chi connectivity index (χ0n) is 12.3. The van der Waals surface area contributed by atoms with E-state index in [4.69, 9.17) is 0 Å². The number of aromatic nitrogens is 2. The third-order valence-corrected chi connectivity index (χ3v) is 3.29. The Bertz CT molecular complexity index is 319. The molecule has 0 saturated heterocycles. The van der Waals surface area contributed by atoms with E-state index in [2.05, 4.69) is 53.8 Å². The van der Waals surface area contributed by atoms with Crippen molar-refractivity contribution < 1.29 is 0 Å². The molecule has 0 amide bonds. The fraction of sp³-hybridized carbons (Fsp3) is 0.786. The third kappa shape index (κ3) is 5.08. The minimum absolute atomic E-state index is 0.639. The predicted molar refractivity (Wildman–Crippen MR) is 78.0 cm³/mol. The summed E-state index contributed by atoms with van der Waals surface area (Å²) in [7, 11) is 2.19. The van der Waals surface area contributed by atoms with Gasteiger partial charge in [-0.05, 0) is 46.7 Å². The van der Waals surface area contributed by atoms with Gasteiger partial charge in [-0.3, -0.25) is 0 Å². The van der Waals surface area contributed by atoms with Gasteiger partial charge in [-0.25, -0.2) is 4.98 Å². The highest BCUT2D eigenvalue weighted by Crippen LogP contribution is 2.07. The summed E-state index contributed by atoms with van der Waals surface area (Å²) < 4.78 is 2.21. The summed E-state index contributed by atoms with van der Waals surface area (Å²) in [5.74, 6) is 1.01. The first-order valence-electron chi connectivity index (χ1n) is 7.10. The van der Waals surface area contributed by atoms with Crippen molar-refractivity contribution in [2.75, 3.05) is 25.5 Å². The Morgan fingerprint density at radius 2 is 2.17 bits per heavy atom. The lowest BCUT2D eigenvalue weighted by molar-refractivity contribution is 0.266. The van der Waals surface area contributed by atoms with E-state index in [1.807, 2.05) is 6.20 Å². The molecule has 1 rings (SSSR count). The van der Waals surface area contributed by atoms with E-state index < -0.39 is 0 Å². The highest BCUT2D eigenvalue weighted by molar-refractivity contribution is 5.25. The van der Waals surface area contributed by atoms with Gasteiger partial charge in [0, 0.05) is 31.5 Å². The molecule has 0 aliphatic rings. The van der Waals surface area contributed by atoms with Crippen LogP contribution in [0.3, 0.4) is 0 Å². The van der Waals surface area contributed by atoms with Crippen LogP contribution in [0.1, 0.15) is 40.0 Å². The lowest BCUT2D eigenvalue weighted by Gasteiger charge is -2.20. The Hall–Kier alpha value is -1.03. The molecule has 1 N–H and O–H groups in total. The van der Waals surface area contributed by atoms with Crippen LogP contribution in [0.5, 0.6) is 0 Å². The highest BCUT2D eigenvalue weighted by atomic mass is 15.2. The van der Waals surface area contributed by atoms with Crippen molar-refractivity contribution >= 4 is 5.95 Å². The monoisotopic (exact) mass is 252 g/mol. The zero-order valence-corrected chi connectivity index (χ0v) is 12.3. The van der Waals surface area contributed by atoms with Gasteiger partial charge < -0.3 is 14.8 Å². The van der Waals surface area contributed by atoms with Gasteiger partial charge in [0.2, 0.25) is 5.95 Å². The summed E-state index contributed by atoms with van der Waals surface area (Å²) in [6.07, 6.45) is 7.50. The van der Waals surface area contributed by atoms with E-state index in [1.54, 1.807) is 0 Å². The number of imidazole rings is 1. The number of hydrogen-bond donors (Lipinski definition) is 1. The summed E-state index contributed by atoms with van der Waals surface area (Å²) in [6.45, 7) is 9.86. The minimum Gasteiger partial charge on any atom is -0.356 e. The largest absolute Gasteiger partial charge is 0.356 e. The molecule has 4 nitrogen and oxygen atoms in total. The molecule has 1 aromatic rings. The van der Waals surface area contributed by atoms with Crippen molar-refractivity contribution in [2.24, 2.45) is 0 Å². The molecule has 0 fully saturated rings. The van der Waals surface area contributed by atoms with Gasteiger partial charge in [0.1, 0.15) is 0 Å². The van der Waals surface area contributed by atoms with Crippen LogP contribution in [0, 0.1) is 0 Å². The summed E-state index contributed by atoms with van der Waals surface area (Å²) in [5.41, 5.74) is 0. The molecule has 0 aliphatic heterocycles. The number of rotatable bonds is 9. The van der Waals surface area contributed by atoms with Gasteiger partial charge in [-0.1, -0.05) is 6.92 Å². The second-order valence-electron chi connectivity index (χ2n) is 5.15. The lowest BCUT2D eigenvalue weighted by Crippen LogP contribution is -2.27. The van der Waals surface area contributed by atoms with Crippen LogP contribution in [0.4, 0.5) is 5.95 Å². The average Bonchev–Trinajstić information content (AvgIpc) is 2.79. The number of hydrogen-bond acceptors (Lipinski definition) is 3. The van der Waals surface area contributed by atoms with Gasteiger partial charge in [0.25, 0.3) is 0 Å². The Kier molecular flexibility index (Phi) is 6.80. The fourth-order valence-electron chi connectivity index (χ4n) is 1.80. The van der Waals surface area contributed by atoms with Gasteiger partial charge in [-0.15, -0.1) is 0 Å². The van der Waals surface area contributed by atoms with Crippen LogP contribution in [0.2, 0.25) is 0 Å². The van der Waals surface area contributed by atoms with Gasteiger partial charge in [0.05, 0.1) is 0 Å². The lowest BCUT2D eigenvalue weighted by atomic mass is 10.2. The summed E-state index contributed by atoms with van der Waals surface area (Å²) >= 11 is 0. The van der Waals surface area contributed by atoms with E-state index in [9.17, 15) is 0 Å². The molecule has 18 heavy (non-hydrogen) atoms. The molecule has 0 radical (unpaired) electrons. The molecule has 4 heteroatoms. The quantitative estimate of drug-likeness (QED) is 0.686. The summed E-state index contributed by atoms with van der Waals surface area (Å²) in [5, 5.41) is 3.35. The Labute approximate surface area is 111 Å². The molecule has 1 aromatic heterocycles. The molecular formula is C14H28N4. The maximum absolute atomic E-state index is 4.34. The maximum atomic E-state index is 4.34. The first-order valence-corrected chi connectivity index (χ1v) is 7.10. The standard InChI is InChI=1S/C14H28N4/c1-5-8-15-14-16-9-12-18(14)11-7-6-10-17(4)13(2)3/h9,12-13H,5-8,10-11H2,1-4H3,(H,15,16). The zero-order chi connectivity index (χ0) is 13.4. The molecule has 0 atom stereocenters. The van der Waals surface area contributed by atoms with Crippen molar-refractivity contribution in [3.8, 4) is 0 Å². The number of nitrogens with one attached hydrogen (secondary N) is 1. The van der Waals surface area contributed by atoms with Crippen LogP contribution in [-0.4, -0.2) is 40.6 Å². The van der Waals surface area contributed by atoms with Gasteiger partial charge in [-0.2, -0.15) is 0 Å². The van der Waals surface area contributed by atoms with E-state index in [1.165, 1.54) is 19.4 Å². The van der Waals surface area contributed by atoms with Crippen LogP contribution >= 0.6 is 0 Å². The van der Waals surface area contributed by atoms with E-state index in [0.717, 1.165) is 25.5 Å². The maximum Gasteiger partial charge on any atom is 0.202 e. The topological polar surface area (TPSA) is 33.1 Å². The Morgan fingerprint density at radius 3 is 2.83 bits per heavy atom. The Morgan fingerprint density at radius 1 is 1.39 bits per heavy atom. The van der Waals surface area contributed by atoms with Crippen molar-refractivity contribution in [3.63, 3.8) is 0 Å². The van der Waals surface area contributed by atoms with Gasteiger partial charge >= 0.3 is 0 Å². The van der Waals surface area contributed by atoms with Crippen molar-refractivity contribution in [1.82, 2.24) is 14.5 Å². The third-order valence-electron chi connectivity index (χ3n) is 3.29. The van der Waals surface area contributed by atoms with E-state index >= 15 is 0 Å². The smallest absolute Gasteiger partial charge is 0.202 e. The first kappa shape index (κ1) is 15.0. The molecule has 0 aliphatic carbocycles. The number of nitrogens with zero attached hydrogens (tertiary/aromatic N) is 3. The van der Waals surface area contributed by atoms with Crippen molar-refractivity contribution in [1.29, 1.82) is 0 Å². The van der Waals surface area contributed by atoms with Crippen LogP contribution < -0.4 is 5.32 Å². The summed E-state index contributed by atoms with van der Waals surface area (Å²) in [4.78, 5) is 6.73. The Balaban J connectivity index is 2.24. The molecule has 0 unspecified atom stereocenters. The van der Waals surface area contributed by atoms with Gasteiger partial charge in [0.15, 0.2) is 0 Å². The van der Waals surface area contributed by atoms with E-state index in [-0.39, 0.29) is 0 Å². The fourth-order valence-corrected chi connectivity index (χ4v) is 1.80.